The summed E-state index contributed by atoms with van der Waals surface area (Å²) in [5, 5.41) is 0.452. The van der Waals surface area contributed by atoms with Gasteiger partial charge in [-0.15, -0.1) is 0 Å². The molecule has 2 N–H and O–H groups in total. The number of nitrogens with one attached hydrogen (secondary N) is 2. The minimum Gasteiger partial charge on any atom is -0.380 e. The van der Waals surface area contributed by atoms with Crippen LogP contribution in [0.4, 0.5) is 5.69 Å². The van der Waals surface area contributed by atoms with Gasteiger partial charge in [-0.3, -0.25) is 9.52 Å². The van der Waals surface area contributed by atoms with Crippen molar-refractivity contribution in [2.75, 3.05) is 17.6 Å². The second-order valence-corrected chi connectivity index (χ2v) is 7.36. The van der Waals surface area contributed by atoms with E-state index in [4.69, 9.17) is 4.74 Å². The lowest BCUT2D eigenvalue weighted by Gasteiger charge is -2.15. The molecule has 1 heterocycles. The number of aromatic amines is 1. The molecule has 3 rings (SSSR count). The van der Waals surface area contributed by atoms with Crippen molar-refractivity contribution in [1.82, 2.24) is 4.98 Å². The molecule has 0 spiro atoms. The fourth-order valence-corrected chi connectivity index (χ4v) is 3.95. The summed E-state index contributed by atoms with van der Waals surface area (Å²) in [7, 11) is -1.98. The average molecular weight is 322 g/mol. The van der Waals surface area contributed by atoms with Gasteiger partial charge in [-0.1, -0.05) is 0 Å². The van der Waals surface area contributed by atoms with Crippen LogP contribution >= 0.6 is 0 Å². The first-order valence-electron chi connectivity index (χ1n) is 7.13. The number of sulfonamides is 1. The SMILES string of the molecule is COC(CS(=O)(=O)Nc1ccc2[nH]ccc(=O)c2c1)C1CC1. The molecule has 0 amide bonds. The molecule has 1 atom stereocenters. The predicted octanol–water partition coefficient (Wildman–Crippen LogP) is 1.69. The maximum Gasteiger partial charge on any atom is 0.235 e. The number of hydrogen-bond donors (Lipinski definition) is 2. The number of benzene rings is 1. The van der Waals surface area contributed by atoms with Gasteiger partial charge in [0.1, 0.15) is 0 Å². The molecule has 1 aliphatic carbocycles. The minimum absolute atomic E-state index is 0.0721. The summed E-state index contributed by atoms with van der Waals surface area (Å²) in [6.45, 7) is 0. The summed E-state index contributed by atoms with van der Waals surface area (Å²) >= 11 is 0. The maximum atomic E-state index is 12.2. The molecular formula is C15H18N2O4S. The van der Waals surface area contributed by atoms with Crippen molar-refractivity contribution in [3.63, 3.8) is 0 Å². The van der Waals surface area contributed by atoms with Gasteiger partial charge in [-0.05, 0) is 37.0 Å². The monoisotopic (exact) mass is 322 g/mol. The number of ether oxygens (including phenoxy) is 1. The predicted molar refractivity (Wildman–Crippen MR) is 85.5 cm³/mol. The topological polar surface area (TPSA) is 88.3 Å². The van der Waals surface area contributed by atoms with Crippen LogP contribution in [0, 0.1) is 5.92 Å². The Kier molecular flexibility index (Phi) is 3.92. The fourth-order valence-electron chi connectivity index (χ4n) is 2.54. The molecule has 0 aliphatic heterocycles. The third-order valence-corrected chi connectivity index (χ3v) is 5.18. The average Bonchev–Trinajstić information content (AvgIpc) is 3.30. The van der Waals surface area contributed by atoms with Gasteiger partial charge >= 0.3 is 0 Å². The molecular weight excluding hydrogens is 304 g/mol. The number of anilines is 1. The smallest absolute Gasteiger partial charge is 0.235 e. The van der Waals surface area contributed by atoms with Gasteiger partial charge in [0.15, 0.2) is 5.43 Å². The molecule has 22 heavy (non-hydrogen) atoms. The Morgan fingerprint density at radius 1 is 1.36 bits per heavy atom. The number of H-pyrrole nitrogens is 1. The second kappa shape index (κ2) is 5.73. The molecule has 6 nitrogen and oxygen atoms in total. The molecule has 1 unspecified atom stereocenters. The van der Waals surface area contributed by atoms with Crippen LogP contribution in [-0.4, -0.2) is 32.4 Å². The summed E-state index contributed by atoms with van der Waals surface area (Å²) in [6.07, 6.45) is 3.31. The van der Waals surface area contributed by atoms with E-state index in [0.29, 0.717) is 22.5 Å². The highest BCUT2D eigenvalue weighted by atomic mass is 32.2. The quantitative estimate of drug-likeness (QED) is 0.847. The van der Waals surface area contributed by atoms with E-state index in [1.807, 2.05) is 0 Å². The molecule has 1 saturated carbocycles. The van der Waals surface area contributed by atoms with Gasteiger partial charge in [-0.25, -0.2) is 8.42 Å². The summed E-state index contributed by atoms with van der Waals surface area (Å²) in [6, 6.07) is 6.28. The van der Waals surface area contributed by atoms with E-state index in [2.05, 4.69) is 9.71 Å². The lowest BCUT2D eigenvalue weighted by atomic mass is 10.2. The van der Waals surface area contributed by atoms with Crippen molar-refractivity contribution >= 4 is 26.6 Å². The number of aromatic nitrogens is 1. The van der Waals surface area contributed by atoms with Crippen molar-refractivity contribution in [3.8, 4) is 0 Å². The van der Waals surface area contributed by atoms with Crippen molar-refractivity contribution in [3.05, 3.63) is 40.7 Å². The zero-order valence-electron chi connectivity index (χ0n) is 12.2. The molecule has 2 aromatic rings. The van der Waals surface area contributed by atoms with Crippen LogP contribution in [0.2, 0.25) is 0 Å². The molecule has 0 bridgehead atoms. The third-order valence-electron chi connectivity index (χ3n) is 3.87. The van der Waals surface area contributed by atoms with Gasteiger partial charge in [0.25, 0.3) is 0 Å². The van der Waals surface area contributed by atoms with Crippen LogP contribution in [0.5, 0.6) is 0 Å². The van der Waals surface area contributed by atoms with Gasteiger partial charge < -0.3 is 9.72 Å². The normalized spacial score (nSPS) is 16.6. The minimum atomic E-state index is -3.52. The van der Waals surface area contributed by atoms with Gasteiger partial charge in [-0.2, -0.15) is 0 Å². The van der Waals surface area contributed by atoms with E-state index < -0.39 is 10.0 Å². The van der Waals surface area contributed by atoms with Gasteiger partial charge in [0.2, 0.25) is 10.0 Å². The Morgan fingerprint density at radius 2 is 2.14 bits per heavy atom. The number of methoxy groups -OCH3 is 1. The molecule has 118 valence electrons. The Bertz CT molecular complexity index is 840. The molecule has 0 saturated heterocycles. The second-order valence-electron chi connectivity index (χ2n) is 5.60. The first-order chi connectivity index (χ1) is 10.5. The zero-order chi connectivity index (χ0) is 15.7. The van der Waals surface area contributed by atoms with Gasteiger partial charge in [0, 0.05) is 36.0 Å². The number of pyridine rings is 1. The highest BCUT2D eigenvalue weighted by Crippen LogP contribution is 2.34. The van der Waals surface area contributed by atoms with Crippen LogP contribution in [-0.2, 0) is 14.8 Å². The Hall–Kier alpha value is -1.86. The fraction of sp³-hybridized carbons (Fsp3) is 0.400. The van der Waals surface area contributed by atoms with Crippen molar-refractivity contribution < 1.29 is 13.2 Å². The van der Waals surface area contributed by atoms with E-state index in [-0.39, 0.29) is 17.3 Å². The van der Waals surface area contributed by atoms with E-state index in [1.165, 1.54) is 13.2 Å². The molecule has 1 aromatic heterocycles. The molecule has 7 heteroatoms. The van der Waals surface area contributed by atoms with E-state index in [0.717, 1.165) is 12.8 Å². The first-order valence-corrected chi connectivity index (χ1v) is 8.78. The summed E-state index contributed by atoms with van der Waals surface area (Å²) in [5.74, 6) is 0.262. The van der Waals surface area contributed by atoms with Crippen LogP contribution in [0.3, 0.4) is 0 Å². The first kappa shape index (κ1) is 15.1. The highest BCUT2D eigenvalue weighted by molar-refractivity contribution is 7.92. The Labute approximate surface area is 128 Å². The van der Waals surface area contributed by atoms with Crippen molar-refractivity contribution in [2.45, 2.75) is 18.9 Å². The van der Waals surface area contributed by atoms with Crippen LogP contribution in [0.25, 0.3) is 10.9 Å². The molecule has 1 aromatic carbocycles. The summed E-state index contributed by atoms with van der Waals surface area (Å²) in [5.41, 5.74) is 0.903. The third kappa shape index (κ3) is 3.31. The molecule has 1 aliphatic rings. The number of hydrogen-bond acceptors (Lipinski definition) is 4. The summed E-state index contributed by atoms with van der Waals surface area (Å²) < 4.78 is 32.3. The standard InChI is InChI=1S/C15H18N2O4S/c1-21-15(10-2-3-10)9-22(19,20)17-11-4-5-13-12(8-11)14(18)6-7-16-13/h4-8,10,15,17H,2-3,9H2,1H3,(H,16,18). The molecule has 1 fully saturated rings. The van der Waals surface area contributed by atoms with Crippen LogP contribution in [0.15, 0.2) is 35.3 Å². The van der Waals surface area contributed by atoms with Crippen LogP contribution < -0.4 is 10.2 Å². The van der Waals surface area contributed by atoms with Crippen molar-refractivity contribution in [2.24, 2.45) is 5.92 Å². The highest BCUT2D eigenvalue weighted by Gasteiger charge is 2.34. The van der Waals surface area contributed by atoms with E-state index in [1.54, 1.807) is 24.4 Å². The number of rotatable bonds is 6. The Balaban J connectivity index is 1.82. The van der Waals surface area contributed by atoms with Gasteiger partial charge in [0.05, 0.1) is 11.9 Å². The van der Waals surface area contributed by atoms with E-state index >= 15 is 0 Å². The molecule has 0 radical (unpaired) electrons. The Morgan fingerprint density at radius 3 is 2.82 bits per heavy atom. The zero-order valence-corrected chi connectivity index (χ0v) is 13.0. The van der Waals surface area contributed by atoms with E-state index in [9.17, 15) is 13.2 Å². The summed E-state index contributed by atoms with van der Waals surface area (Å²) in [4.78, 5) is 14.7. The van der Waals surface area contributed by atoms with Crippen LogP contribution in [0.1, 0.15) is 12.8 Å². The maximum absolute atomic E-state index is 12.2. The lowest BCUT2D eigenvalue weighted by Crippen LogP contribution is -2.29. The largest absolute Gasteiger partial charge is 0.380 e. The number of fused-ring (bicyclic) bond motifs is 1. The van der Waals surface area contributed by atoms with Crippen molar-refractivity contribution in [1.29, 1.82) is 0 Å². The lowest BCUT2D eigenvalue weighted by molar-refractivity contribution is 0.103.